The number of halogens is 1. The smallest absolute Gasteiger partial charge is 0.147 e. The molecule has 0 saturated heterocycles. The van der Waals surface area contributed by atoms with Gasteiger partial charge in [-0.1, -0.05) is 0 Å². The first-order chi connectivity index (χ1) is 9.15. The molecule has 3 rings (SSSR count). The predicted octanol–water partition coefficient (Wildman–Crippen LogP) is 2.01. The first-order valence-electron chi connectivity index (χ1n) is 6.26. The van der Waals surface area contributed by atoms with Crippen molar-refractivity contribution < 1.29 is 0 Å². The van der Waals surface area contributed by atoms with Gasteiger partial charge in [0.25, 0.3) is 0 Å². The number of aromatic nitrogens is 3. The lowest BCUT2D eigenvalue weighted by Crippen LogP contribution is -2.43. The summed E-state index contributed by atoms with van der Waals surface area (Å²) in [4.78, 5) is 3.70. The monoisotopic (exact) mass is 341 g/mol. The quantitative estimate of drug-likeness (QED) is 0.927. The molecular weight excluding hydrogens is 326 g/mol. The van der Waals surface area contributed by atoms with E-state index in [1.165, 1.54) is 4.88 Å². The summed E-state index contributed by atoms with van der Waals surface area (Å²) in [5.74, 6) is 1.02. The molecule has 3 heterocycles. The van der Waals surface area contributed by atoms with Gasteiger partial charge in [-0.25, -0.2) is 0 Å². The molecule has 2 aromatic rings. The summed E-state index contributed by atoms with van der Waals surface area (Å²) >= 11 is 5.28. The Morgan fingerprint density at radius 3 is 2.95 bits per heavy atom. The number of rotatable bonds is 3. The predicted molar refractivity (Wildman–Crippen MR) is 78.8 cm³/mol. The fourth-order valence-electron chi connectivity index (χ4n) is 2.58. The number of nitrogens with zero attached hydrogens (tertiary/aromatic N) is 4. The first-order valence-corrected chi connectivity index (χ1v) is 7.87. The molecule has 19 heavy (non-hydrogen) atoms. The lowest BCUT2D eigenvalue weighted by atomic mass is 10.1. The number of nitrogens with two attached hydrogens (primary N) is 1. The van der Waals surface area contributed by atoms with Crippen molar-refractivity contribution in [2.24, 2.45) is 5.73 Å². The molecule has 1 aliphatic rings. The van der Waals surface area contributed by atoms with E-state index in [1.807, 2.05) is 0 Å². The molecule has 102 valence electrons. The van der Waals surface area contributed by atoms with E-state index in [0.29, 0.717) is 0 Å². The minimum atomic E-state index is 0.0834. The van der Waals surface area contributed by atoms with Crippen molar-refractivity contribution in [3.63, 3.8) is 0 Å². The highest BCUT2D eigenvalue weighted by molar-refractivity contribution is 9.11. The largest absolute Gasteiger partial charge is 0.326 e. The zero-order chi connectivity index (χ0) is 13.4. The van der Waals surface area contributed by atoms with Crippen LogP contribution in [0.5, 0.6) is 0 Å². The van der Waals surface area contributed by atoms with Crippen LogP contribution in [0, 0.1) is 0 Å². The van der Waals surface area contributed by atoms with E-state index in [9.17, 15) is 0 Å². The van der Waals surface area contributed by atoms with Crippen LogP contribution in [0.3, 0.4) is 0 Å². The number of hydrogen-bond acceptors (Lipinski definition) is 5. The first kappa shape index (κ1) is 13.2. The minimum absolute atomic E-state index is 0.0834. The van der Waals surface area contributed by atoms with Gasteiger partial charge in [-0.2, -0.15) is 0 Å². The Morgan fingerprint density at radius 2 is 2.26 bits per heavy atom. The van der Waals surface area contributed by atoms with Gasteiger partial charge in [0, 0.05) is 24.0 Å². The van der Waals surface area contributed by atoms with Crippen LogP contribution in [0.1, 0.15) is 23.7 Å². The Hall–Kier alpha value is -0.760. The molecule has 5 nitrogen and oxygen atoms in total. The van der Waals surface area contributed by atoms with Crippen molar-refractivity contribution in [2.45, 2.75) is 32.1 Å². The highest BCUT2D eigenvalue weighted by Crippen LogP contribution is 2.33. The molecule has 0 radical (unpaired) electrons. The summed E-state index contributed by atoms with van der Waals surface area (Å²) in [5, 5.41) is 8.14. The molecule has 0 aliphatic carbocycles. The minimum Gasteiger partial charge on any atom is -0.326 e. The average molecular weight is 342 g/mol. The van der Waals surface area contributed by atoms with E-state index < -0.39 is 0 Å². The summed E-state index contributed by atoms with van der Waals surface area (Å²) < 4.78 is 3.26. The molecule has 0 saturated carbocycles. The average Bonchev–Trinajstić information content (AvgIpc) is 2.97. The van der Waals surface area contributed by atoms with Gasteiger partial charge >= 0.3 is 0 Å². The molecule has 0 amide bonds. The van der Waals surface area contributed by atoms with Crippen LogP contribution in [0.25, 0.3) is 0 Å². The maximum absolute atomic E-state index is 6.21. The lowest BCUT2D eigenvalue weighted by Gasteiger charge is -2.36. The van der Waals surface area contributed by atoms with Gasteiger partial charge in [0.15, 0.2) is 0 Å². The summed E-state index contributed by atoms with van der Waals surface area (Å²) in [6, 6.07) is 4.56. The Balaban J connectivity index is 1.86. The molecule has 0 spiro atoms. The van der Waals surface area contributed by atoms with E-state index in [0.717, 1.165) is 29.2 Å². The van der Waals surface area contributed by atoms with Gasteiger partial charge in [0.05, 0.1) is 16.4 Å². The molecule has 2 unspecified atom stereocenters. The zero-order valence-corrected chi connectivity index (χ0v) is 13.1. The van der Waals surface area contributed by atoms with Gasteiger partial charge in [-0.15, -0.1) is 21.5 Å². The summed E-state index contributed by atoms with van der Waals surface area (Å²) in [7, 11) is 0. The van der Waals surface area contributed by atoms with Crippen LogP contribution in [-0.4, -0.2) is 32.3 Å². The Labute approximate surface area is 124 Å². The van der Waals surface area contributed by atoms with Gasteiger partial charge in [0.1, 0.15) is 12.2 Å². The van der Waals surface area contributed by atoms with E-state index in [-0.39, 0.29) is 12.1 Å². The van der Waals surface area contributed by atoms with Crippen LogP contribution >= 0.6 is 27.3 Å². The molecule has 0 bridgehead atoms. The third kappa shape index (κ3) is 2.60. The van der Waals surface area contributed by atoms with Crippen LogP contribution < -0.4 is 5.73 Å². The second-order valence-electron chi connectivity index (χ2n) is 4.86. The Bertz CT molecular complexity index is 564. The third-order valence-corrected chi connectivity index (χ3v) is 5.14. The molecule has 2 aromatic heterocycles. The summed E-state index contributed by atoms with van der Waals surface area (Å²) in [6.45, 7) is 4.78. The van der Waals surface area contributed by atoms with Gasteiger partial charge < -0.3 is 10.3 Å². The van der Waals surface area contributed by atoms with Gasteiger partial charge in [-0.05, 0) is 35.0 Å². The molecular formula is C12H16BrN5S. The van der Waals surface area contributed by atoms with Crippen molar-refractivity contribution in [1.29, 1.82) is 0 Å². The SMILES string of the molecule is CC(N)C(c1ccc(Br)s1)N1CCn2cnnc2C1. The lowest BCUT2D eigenvalue weighted by molar-refractivity contribution is 0.138. The van der Waals surface area contributed by atoms with E-state index in [2.05, 4.69) is 54.7 Å². The molecule has 2 N–H and O–H groups in total. The maximum Gasteiger partial charge on any atom is 0.147 e. The van der Waals surface area contributed by atoms with Crippen LogP contribution in [0.4, 0.5) is 0 Å². The van der Waals surface area contributed by atoms with Crippen LogP contribution in [0.2, 0.25) is 0 Å². The van der Waals surface area contributed by atoms with Crippen LogP contribution in [-0.2, 0) is 13.1 Å². The molecule has 0 aromatic carbocycles. The van der Waals surface area contributed by atoms with Crippen molar-refractivity contribution in [3.8, 4) is 0 Å². The summed E-state index contributed by atoms with van der Waals surface area (Å²) in [5.41, 5.74) is 6.21. The highest BCUT2D eigenvalue weighted by Gasteiger charge is 2.29. The normalized spacial score (nSPS) is 19.1. The third-order valence-electron chi connectivity index (χ3n) is 3.45. The van der Waals surface area contributed by atoms with Gasteiger partial charge in [-0.3, -0.25) is 4.90 Å². The Morgan fingerprint density at radius 1 is 1.42 bits per heavy atom. The molecule has 7 heteroatoms. The number of fused-ring (bicyclic) bond motifs is 1. The highest BCUT2D eigenvalue weighted by atomic mass is 79.9. The topological polar surface area (TPSA) is 60.0 Å². The molecule has 1 aliphatic heterocycles. The second kappa shape index (κ2) is 5.32. The molecule has 2 atom stereocenters. The standard InChI is InChI=1S/C12H16BrN5S/c1-8(14)12(9-2-3-10(13)19-9)17-4-5-18-7-15-16-11(18)6-17/h2-3,7-8,12H,4-6,14H2,1H3. The van der Waals surface area contributed by atoms with Crippen molar-refractivity contribution in [2.75, 3.05) is 6.54 Å². The van der Waals surface area contributed by atoms with E-state index in [4.69, 9.17) is 5.73 Å². The van der Waals surface area contributed by atoms with E-state index in [1.54, 1.807) is 17.7 Å². The van der Waals surface area contributed by atoms with Crippen molar-refractivity contribution >= 4 is 27.3 Å². The van der Waals surface area contributed by atoms with E-state index >= 15 is 0 Å². The number of hydrogen-bond donors (Lipinski definition) is 1. The van der Waals surface area contributed by atoms with Crippen LogP contribution in [0.15, 0.2) is 22.2 Å². The van der Waals surface area contributed by atoms with Gasteiger partial charge in [0.2, 0.25) is 0 Å². The second-order valence-corrected chi connectivity index (χ2v) is 7.35. The van der Waals surface area contributed by atoms with Crippen molar-refractivity contribution in [3.05, 3.63) is 32.9 Å². The maximum atomic E-state index is 6.21. The fraction of sp³-hybridized carbons (Fsp3) is 0.500. The van der Waals surface area contributed by atoms with Crippen molar-refractivity contribution in [1.82, 2.24) is 19.7 Å². The summed E-state index contributed by atoms with van der Waals surface area (Å²) in [6.07, 6.45) is 1.80. The molecule has 0 fully saturated rings. The fourth-order valence-corrected chi connectivity index (χ4v) is 4.26. The zero-order valence-electron chi connectivity index (χ0n) is 10.7. The number of thiophene rings is 1. The Kier molecular flexibility index (Phi) is 3.70.